The van der Waals surface area contributed by atoms with Gasteiger partial charge in [-0.05, 0) is 31.0 Å². The summed E-state index contributed by atoms with van der Waals surface area (Å²) in [7, 11) is 0. The van der Waals surface area contributed by atoms with Gasteiger partial charge in [0, 0.05) is 16.8 Å². The molecule has 1 heterocycles. The molecule has 0 saturated carbocycles. The minimum Gasteiger partial charge on any atom is -0.316 e. The van der Waals surface area contributed by atoms with Crippen molar-refractivity contribution in [1.82, 2.24) is 5.32 Å². The van der Waals surface area contributed by atoms with E-state index in [-0.39, 0.29) is 5.41 Å². The topological polar surface area (TPSA) is 12.0 Å². The van der Waals surface area contributed by atoms with E-state index >= 15 is 0 Å². The predicted octanol–water partition coefficient (Wildman–Crippen LogP) is 4.38. The maximum Gasteiger partial charge on any atom is 0.0931 e. The molecule has 1 nitrogen and oxygen atoms in total. The van der Waals surface area contributed by atoms with E-state index in [1.807, 2.05) is 12.1 Å². The molecule has 3 heteroatoms. The standard InChI is InChI=1S/C14H22ClNS/c1-5-14(4,10-16-9-11(2)3)8-12-6-7-13(15)17-12/h5-7,11,16H,1,8-10H2,2-4H3. The Labute approximate surface area is 114 Å². The van der Waals surface area contributed by atoms with Gasteiger partial charge >= 0.3 is 0 Å². The van der Waals surface area contributed by atoms with Crippen LogP contribution in [-0.2, 0) is 6.42 Å². The fraction of sp³-hybridized carbons (Fsp3) is 0.571. The average Bonchev–Trinajstić information content (AvgIpc) is 2.63. The van der Waals surface area contributed by atoms with Crippen molar-refractivity contribution in [2.45, 2.75) is 27.2 Å². The van der Waals surface area contributed by atoms with E-state index < -0.39 is 0 Å². The van der Waals surface area contributed by atoms with Crippen LogP contribution in [0.25, 0.3) is 0 Å². The number of hydrogen-bond donors (Lipinski definition) is 1. The minimum atomic E-state index is 0.100. The summed E-state index contributed by atoms with van der Waals surface area (Å²) in [4.78, 5) is 1.32. The van der Waals surface area contributed by atoms with Crippen molar-refractivity contribution in [2.24, 2.45) is 11.3 Å². The lowest BCUT2D eigenvalue weighted by Crippen LogP contribution is -2.33. The maximum absolute atomic E-state index is 5.96. The van der Waals surface area contributed by atoms with Crippen LogP contribution in [0.3, 0.4) is 0 Å². The molecule has 0 bridgehead atoms. The lowest BCUT2D eigenvalue weighted by Gasteiger charge is -2.26. The van der Waals surface area contributed by atoms with Crippen LogP contribution in [0.15, 0.2) is 24.8 Å². The fourth-order valence-electron chi connectivity index (χ4n) is 1.70. The first-order valence-corrected chi connectivity index (χ1v) is 7.23. The van der Waals surface area contributed by atoms with Crippen molar-refractivity contribution < 1.29 is 0 Å². The van der Waals surface area contributed by atoms with Gasteiger partial charge in [-0.3, -0.25) is 0 Å². The average molecular weight is 272 g/mol. The van der Waals surface area contributed by atoms with Gasteiger partial charge in [-0.1, -0.05) is 38.4 Å². The third kappa shape index (κ3) is 5.24. The lowest BCUT2D eigenvalue weighted by molar-refractivity contribution is 0.380. The number of thiophene rings is 1. The normalized spacial score (nSPS) is 14.9. The van der Waals surface area contributed by atoms with Crippen LogP contribution in [0.1, 0.15) is 25.6 Å². The summed E-state index contributed by atoms with van der Waals surface area (Å²) in [5.41, 5.74) is 0.100. The second kappa shape index (κ2) is 6.58. The Kier molecular flexibility index (Phi) is 5.71. The van der Waals surface area contributed by atoms with E-state index in [0.29, 0.717) is 5.92 Å². The Bertz CT molecular complexity index is 359. The smallest absolute Gasteiger partial charge is 0.0931 e. The molecule has 0 aliphatic carbocycles. The quantitative estimate of drug-likeness (QED) is 0.726. The summed E-state index contributed by atoms with van der Waals surface area (Å²) in [6.45, 7) is 12.7. The fourth-order valence-corrected chi connectivity index (χ4v) is 2.98. The van der Waals surface area contributed by atoms with E-state index in [4.69, 9.17) is 11.6 Å². The van der Waals surface area contributed by atoms with Gasteiger partial charge < -0.3 is 5.32 Å². The summed E-state index contributed by atoms with van der Waals surface area (Å²) in [5, 5.41) is 3.50. The molecule has 0 radical (unpaired) electrons. The van der Waals surface area contributed by atoms with E-state index in [2.05, 4.69) is 38.7 Å². The molecule has 1 N–H and O–H groups in total. The third-order valence-electron chi connectivity index (χ3n) is 2.78. The Morgan fingerprint density at radius 2 is 2.24 bits per heavy atom. The van der Waals surface area contributed by atoms with E-state index in [0.717, 1.165) is 23.8 Å². The second-order valence-electron chi connectivity index (χ2n) is 5.27. The van der Waals surface area contributed by atoms with Crippen LogP contribution in [0.2, 0.25) is 4.34 Å². The number of halogens is 1. The van der Waals surface area contributed by atoms with E-state index in [1.165, 1.54) is 4.88 Å². The number of rotatable bonds is 7. The zero-order valence-corrected chi connectivity index (χ0v) is 12.5. The Balaban J connectivity index is 2.53. The molecule has 1 unspecified atom stereocenters. The Hall–Kier alpha value is -0.310. The highest BCUT2D eigenvalue weighted by Crippen LogP contribution is 2.29. The van der Waals surface area contributed by atoms with Gasteiger partial charge in [0.25, 0.3) is 0 Å². The van der Waals surface area contributed by atoms with Crippen molar-refractivity contribution in [2.75, 3.05) is 13.1 Å². The van der Waals surface area contributed by atoms with Gasteiger partial charge in [0.05, 0.1) is 4.34 Å². The van der Waals surface area contributed by atoms with E-state index in [1.54, 1.807) is 11.3 Å². The van der Waals surface area contributed by atoms with Gasteiger partial charge in [0.2, 0.25) is 0 Å². The molecule has 1 rings (SSSR count). The van der Waals surface area contributed by atoms with Crippen molar-refractivity contribution in [3.8, 4) is 0 Å². The van der Waals surface area contributed by atoms with Crippen LogP contribution >= 0.6 is 22.9 Å². The first-order chi connectivity index (χ1) is 7.95. The SMILES string of the molecule is C=CC(C)(CNCC(C)C)Cc1ccc(Cl)s1. The van der Waals surface area contributed by atoms with Gasteiger partial charge in [-0.25, -0.2) is 0 Å². The van der Waals surface area contributed by atoms with Crippen molar-refractivity contribution in [1.29, 1.82) is 0 Å². The highest BCUT2D eigenvalue weighted by molar-refractivity contribution is 7.16. The zero-order chi connectivity index (χ0) is 12.9. The molecule has 0 fully saturated rings. The van der Waals surface area contributed by atoms with E-state index in [9.17, 15) is 0 Å². The van der Waals surface area contributed by atoms with Gasteiger partial charge in [-0.2, -0.15) is 0 Å². The van der Waals surface area contributed by atoms with Gasteiger partial charge in [0.15, 0.2) is 0 Å². The summed E-state index contributed by atoms with van der Waals surface area (Å²) in [5.74, 6) is 0.681. The first kappa shape index (κ1) is 14.7. The molecular formula is C14H22ClNS. The van der Waals surface area contributed by atoms with Gasteiger partial charge in [-0.15, -0.1) is 17.9 Å². The van der Waals surface area contributed by atoms with Crippen LogP contribution < -0.4 is 5.32 Å². The highest BCUT2D eigenvalue weighted by Gasteiger charge is 2.21. The maximum atomic E-state index is 5.96. The van der Waals surface area contributed by atoms with Crippen LogP contribution in [-0.4, -0.2) is 13.1 Å². The molecule has 0 spiro atoms. The zero-order valence-electron chi connectivity index (χ0n) is 10.9. The number of hydrogen-bond acceptors (Lipinski definition) is 2. The molecule has 1 aromatic rings. The molecule has 0 aromatic carbocycles. The molecule has 0 aliphatic rings. The summed E-state index contributed by atoms with van der Waals surface area (Å²) in [6.07, 6.45) is 3.05. The molecule has 0 saturated heterocycles. The lowest BCUT2D eigenvalue weighted by atomic mass is 9.86. The van der Waals surface area contributed by atoms with Crippen molar-refractivity contribution in [3.63, 3.8) is 0 Å². The minimum absolute atomic E-state index is 0.100. The second-order valence-corrected chi connectivity index (χ2v) is 7.07. The molecule has 96 valence electrons. The van der Waals surface area contributed by atoms with Crippen molar-refractivity contribution >= 4 is 22.9 Å². The molecule has 0 amide bonds. The Morgan fingerprint density at radius 1 is 1.53 bits per heavy atom. The third-order valence-corrected chi connectivity index (χ3v) is 4.01. The monoisotopic (exact) mass is 271 g/mol. The molecular weight excluding hydrogens is 250 g/mol. The van der Waals surface area contributed by atoms with Gasteiger partial charge in [0.1, 0.15) is 0 Å². The molecule has 1 atom stereocenters. The summed E-state index contributed by atoms with van der Waals surface area (Å²) >= 11 is 7.62. The summed E-state index contributed by atoms with van der Waals surface area (Å²) < 4.78 is 0.863. The Morgan fingerprint density at radius 3 is 2.71 bits per heavy atom. The predicted molar refractivity (Wildman–Crippen MR) is 79.0 cm³/mol. The molecule has 17 heavy (non-hydrogen) atoms. The van der Waals surface area contributed by atoms with Crippen LogP contribution in [0.4, 0.5) is 0 Å². The molecule has 0 aliphatic heterocycles. The van der Waals surface area contributed by atoms with Crippen LogP contribution in [0, 0.1) is 11.3 Å². The number of nitrogens with one attached hydrogen (secondary N) is 1. The highest BCUT2D eigenvalue weighted by atomic mass is 35.5. The van der Waals surface area contributed by atoms with Crippen molar-refractivity contribution in [3.05, 3.63) is 34.0 Å². The summed E-state index contributed by atoms with van der Waals surface area (Å²) in [6, 6.07) is 4.07. The largest absolute Gasteiger partial charge is 0.316 e. The first-order valence-electron chi connectivity index (χ1n) is 6.04. The van der Waals surface area contributed by atoms with Crippen LogP contribution in [0.5, 0.6) is 0 Å². The molecule has 1 aromatic heterocycles.